The Morgan fingerprint density at radius 2 is 1.00 bits per heavy atom. The minimum Gasteiger partial charge on any atom is -0.551 e. The molecule has 11 rings (SSSR count). The van der Waals surface area contributed by atoms with Crippen LogP contribution in [-0.4, -0.2) is 19.6 Å². The first-order chi connectivity index (χ1) is 39.6. The van der Waals surface area contributed by atoms with Crippen molar-refractivity contribution in [3.05, 3.63) is 193 Å². The topological polar surface area (TPSA) is 23.4 Å². The molecule has 0 aliphatic carbocycles. The molecule has 0 spiro atoms. The van der Waals surface area contributed by atoms with Gasteiger partial charge in [0.25, 0.3) is 0 Å². The number of para-hydroxylation sites is 3. The highest BCUT2D eigenvalue weighted by atomic mass is 28.3. The summed E-state index contributed by atoms with van der Waals surface area (Å²) < 4.78 is 308. The minimum atomic E-state index is -6.46. The molecule has 0 unspecified atom stereocenters. The highest BCUT2D eigenvalue weighted by molar-refractivity contribution is 7.20. The molecule has 0 amide bonds. The average molecular weight is 726 g/mol. The Hall–Kier alpha value is -6.56. The molecular weight excluding hydrogens is 661 g/mol. The van der Waals surface area contributed by atoms with Crippen LogP contribution in [-0.2, 0) is 0 Å². The fourth-order valence-corrected chi connectivity index (χ4v) is 10.3. The summed E-state index contributed by atoms with van der Waals surface area (Å²) >= 11 is 0. The monoisotopic (exact) mass is 725 g/mol. The Morgan fingerprint density at radius 1 is 0.453 bits per heavy atom. The second-order valence-electron chi connectivity index (χ2n) is 11.5. The molecule has 0 N–H and O–H groups in total. The number of fused-ring (bicyclic) bond motifs is 7. The van der Waals surface area contributed by atoms with E-state index in [0.717, 1.165) is 4.57 Å². The first kappa shape index (κ1) is 12.3. The average Bonchev–Trinajstić information content (AvgIpc) is 1.17. The summed E-state index contributed by atoms with van der Waals surface area (Å²) in [6, 6.07) is -35.2. The first-order valence-corrected chi connectivity index (χ1v) is 17.6. The summed E-state index contributed by atoms with van der Waals surface area (Å²) in [5, 5.41) is -5.77. The number of ether oxygens (including phenoxy) is 1. The lowest BCUT2D eigenvalue weighted by Gasteiger charge is -2.37. The molecule has 0 atom stereocenters. The van der Waals surface area contributed by atoms with Crippen LogP contribution in [0.3, 0.4) is 0 Å². The van der Waals surface area contributed by atoms with Crippen LogP contribution in [0.2, 0.25) is 0 Å². The normalized spacial score (nSPS) is 21.2. The van der Waals surface area contributed by atoms with E-state index in [4.69, 9.17) is 34.1 Å². The van der Waals surface area contributed by atoms with Crippen LogP contribution in [0.5, 0.6) is 17.2 Å². The van der Waals surface area contributed by atoms with E-state index in [2.05, 4.69) is 0 Å². The molecule has 3 heterocycles. The van der Waals surface area contributed by atoms with E-state index in [1.807, 2.05) is 0 Å². The third-order valence-corrected chi connectivity index (χ3v) is 12.9. The summed E-state index contributed by atoms with van der Waals surface area (Å²) in [6.45, 7) is -2.15. The molecule has 0 fully saturated rings. The molecule has 3 nitrogen and oxygen atoms in total. The van der Waals surface area contributed by atoms with Crippen LogP contribution in [0.15, 0.2) is 193 Å². The van der Waals surface area contributed by atoms with Crippen LogP contribution in [0.25, 0.3) is 38.6 Å². The summed E-state index contributed by atoms with van der Waals surface area (Å²) in [7, 11) is -6.46. The number of aromatic nitrogens is 1. The van der Waals surface area contributed by atoms with Gasteiger partial charge in [-0.1, -0.05) is 157 Å². The highest BCUT2D eigenvalue weighted by Crippen LogP contribution is 2.42. The Balaban J connectivity index is 1.45. The van der Waals surface area contributed by atoms with Gasteiger partial charge in [0.05, 0.1) is 60.6 Å². The van der Waals surface area contributed by atoms with E-state index in [1.165, 1.54) is 0 Å². The number of nitrogens with zero attached hydrogens (tertiary/aromatic N) is 1. The largest absolute Gasteiger partial charge is 0.551 e. The zero-order valence-corrected chi connectivity index (χ0v) is 27.3. The Bertz CT molecular complexity index is 4390. The van der Waals surface area contributed by atoms with Crippen molar-refractivity contribution in [3.63, 3.8) is 0 Å². The lowest BCUT2D eigenvalue weighted by atomic mass is 9.51. The Morgan fingerprint density at radius 3 is 1.62 bits per heavy atom. The van der Waals surface area contributed by atoms with Gasteiger partial charge in [-0.25, -0.2) is 0 Å². The van der Waals surface area contributed by atoms with Crippen LogP contribution < -0.4 is 41.1 Å². The molecule has 1 aromatic heterocycles. The smallest absolute Gasteiger partial charge is 0.434 e. The fraction of sp³-hybridized carbons (Fsp3) is 0. The van der Waals surface area contributed by atoms with Crippen molar-refractivity contribution in [1.29, 1.82) is 0 Å². The van der Waals surface area contributed by atoms with Gasteiger partial charge in [-0.15, -0.1) is 0 Å². The van der Waals surface area contributed by atoms with Crippen LogP contribution in [0, 0.1) is 0 Å². The van der Waals surface area contributed by atoms with Gasteiger partial charge in [0.2, 0.25) is 0 Å². The molecule has 248 valence electrons. The molecule has 0 saturated carbocycles. The van der Waals surface area contributed by atoms with Gasteiger partial charge in [0, 0.05) is 33.3 Å². The van der Waals surface area contributed by atoms with Crippen molar-refractivity contribution in [1.82, 2.24) is 4.57 Å². The molecule has 2 aliphatic heterocycles. The lowest BCUT2D eigenvalue weighted by Crippen LogP contribution is -2.74. The number of rotatable bonds is 5. The zero-order chi connectivity index (χ0) is 62.8. The predicted molar refractivity (Wildman–Crippen MR) is 222 cm³/mol. The van der Waals surface area contributed by atoms with Gasteiger partial charge in [-0.2, -0.15) is 0 Å². The van der Waals surface area contributed by atoms with E-state index in [9.17, 15) is 19.2 Å². The maximum absolute atomic E-state index is 10.5. The summed E-state index contributed by atoms with van der Waals surface area (Å²) in [5.74, 6) is -2.63. The molecule has 0 bridgehead atoms. The van der Waals surface area contributed by atoms with Crippen molar-refractivity contribution in [2.24, 2.45) is 0 Å². The second kappa shape index (κ2) is 11.7. The second-order valence-corrected chi connectivity index (χ2v) is 15.0. The zero-order valence-electron chi connectivity index (χ0n) is 58.3. The van der Waals surface area contributed by atoms with Gasteiger partial charge in [0.15, 0.2) is 8.07 Å². The van der Waals surface area contributed by atoms with E-state index in [0.29, 0.717) is 0 Å². The third kappa shape index (κ3) is 4.41. The maximum Gasteiger partial charge on any atom is 0.434 e. The van der Waals surface area contributed by atoms with Crippen LogP contribution >= 0.6 is 0 Å². The van der Waals surface area contributed by atoms with Crippen molar-refractivity contribution < 1.29 is 53.3 Å². The minimum absolute atomic E-state index is 0.540. The molecule has 53 heavy (non-hydrogen) atoms. The molecule has 5 heteroatoms. The molecule has 2 aliphatic rings. The summed E-state index contributed by atoms with van der Waals surface area (Å²) in [6.07, 6.45) is 0. The van der Waals surface area contributed by atoms with E-state index in [-0.39, 0.29) is 0 Å². The third-order valence-electron chi connectivity index (χ3n) is 8.92. The van der Waals surface area contributed by atoms with Gasteiger partial charge >= 0.3 is 6.92 Å². The van der Waals surface area contributed by atoms with E-state index < -0.39 is 296 Å². The molecule has 0 radical (unpaired) electrons. The standard InChI is InChI=1S/C48H32BNO2Si/c1-4-16-34(17-5-1)53(35-18-6-2-7-19-35,36-20-8-3-9-21-36)37-28-29-40-41-30-33(50-43-25-13-10-22-38(43)39-23-11-14-26-44(39)50)31-47-48(41)49(52-46(40)32-37)42-24-12-15-27-45(42)51-47/h1-32H/i1D,2D,3D,4D,5D,6D,7D,8D,9D,10D,11D,12D,13D,14D,15D,16D,17D,18D,19D,20D,21D,22D,23D,24D,25D,26D,27D,28D,29D,30D,31D,32D. The molecule has 0 saturated heterocycles. The molecule has 9 aromatic rings. The quantitative estimate of drug-likeness (QED) is 0.136. The summed E-state index contributed by atoms with van der Waals surface area (Å²) in [5.41, 5.74) is -4.94. The van der Waals surface area contributed by atoms with Crippen molar-refractivity contribution in [2.75, 3.05) is 0 Å². The number of hydrogen-bond acceptors (Lipinski definition) is 2. The lowest BCUT2D eigenvalue weighted by molar-refractivity contribution is 0.479. The Labute approximate surface area is 354 Å². The van der Waals surface area contributed by atoms with E-state index >= 15 is 0 Å². The first-order valence-electron chi connectivity index (χ1n) is 31.6. The fourth-order valence-electron chi connectivity index (χ4n) is 6.75. The number of benzene rings is 8. The molecular formula is C48H32BNO2Si. The number of hydrogen-bond donors (Lipinski definition) is 0. The van der Waals surface area contributed by atoms with Crippen molar-refractivity contribution >= 4 is 68.5 Å². The van der Waals surface area contributed by atoms with Gasteiger partial charge in [-0.05, 0) is 56.5 Å². The summed E-state index contributed by atoms with van der Waals surface area (Å²) in [4.78, 5) is 0. The van der Waals surface area contributed by atoms with Crippen LogP contribution in [0.4, 0.5) is 0 Å². The highest BCUT2D eigenvalue weighted by Gasteiger charge is 2.44. The van der Waals surface area contributed by atoms with Gasteiger partial charge < -0.3 is 14.0 Å². The van der Waals surface area contributed by atoms with Gasteiger partial charge in [-0.3, -0.25) is 0 Å². The predicted octanol–water partition coefficient (Wildman–Crippen LogP) is 7.43. The molecule has 8 aromatic carbocycles. The van der Waals surface area contributed by atoms with Gasteiger partial charge in [0.1, 0.15) is 17.2 Å². The van der Waals surface area contributed by atoms with E-state index in [1.54, 1.807) is 0 Å². The van der Waals surface area contributed by atoms with Crippen molar-refractivity contribution in [3.8, 4) is 34.1 Å². The van der Waals surface area contributed by atoms with Crippen LogP contribution in [0.1, 0.15) is 43.9 Å². The Kier molecular flexibility index (Phi) is 2.72. The maximum atomic E-state index is 10.5. The SMILES string of the molecule is [2H]c1c([2H])c([2H])c([Si](c2c([2H])c([2H])c([2H])c([2H])c2[2H])(c2c([2H])c([2H])c([2H])c([2H])c2[2H])c2c([2H])c([2H])c3c(c2[2H])OB2c4c([2H])c([2H])c([2H])c([2H])c4Oc4c([2H])c(-n5c6c([2H])c([2H])c([2H])c([2H])c6c6c([2H])c([2H])c([2H])c([2H])c65)c([2H])c-3c42)c([2H])c1[2H]. The van der Waals surface area contributed by atoms with Crippen molar-refractivity contribution in [2.45, 2.75) is 0 Å².